The van der Waals surface area contributed by atoms with E-state index in [0.29, 0.717) is 0 Å². The van der Waals surface area contributed by atoms with Crippen molar-refractivity contribution in [1.29, 1.82) is 0 Å². The molecular weight excluding hydrogens is 148 g/mol. The third-order valence-electron chi connectivity index (χ3n) is 0.756. The molecule has 4 heteroatoms. The maximum atomic E-state index is 10.5. The minimum Gasteiger partial charge on any atom is -0.466 e. The molecule has 0 bridgehead atoms. The van der Waals surface area contributed by atoms with Crippen LogP contribution in [0.1, 0.15) is 0 Å². The maximum Gasteiger partial charge on any atom is 0.335 e. The standard InChI is InChI=1S/C7H8O4/c1-3-11-7(9)5-4-6(8)10-2/h3-5H,1H2,2H3/b5-4+. The lowest BCUT2D eigenvalue weighted by Crippen LogP contribution is -1.98. The van der Waals surface area contributed by atoms with E-state index in [-0.39, 0.29) is 0 Å². The van der Waals surface area contributed by atoms with Gasteiger partial charge in [0, 0.05) is 12.2 Å². The Kier molecular flexibility index (Phi) is 4.47. The highest BCUT2D eigenvalue weighted by atomic mass is 16.5. The Bertz CT molecular complexity index is 193. The number of hydrogen-bond acceptors (Lipinski definition) is 4. The van der Waals surface area contributed by atoms with E-state index in [4.69, 9.17) is 0 Å². The summed E-state index contributed by atoms with van der Waals surface area (Å²) >= 11 is 0. The van der Waals surface area contributed by atoms with E-state index in [1.165, 1.54) is 7.11 Å². The van der Waals surface area contributed by atoms with Crippen molar-refractivity contribution in [3.05, 3.63) is 25.0 Å². The molecule has 0 aliphatic heterocycles. The Morgan fingerprint density at radius 3 is 2.27 bits per heavy atom. The quantitative estimate of drug-likeness (QED) is 0.337. The molecule has 0 aliphatic carbocycles. The molecule has 0 rings (SSSR count). The van der Waals surface area contributed by atoms with Crippen LogP contribution in [0.5, 0.6) is 0 Å². The molecule has 0 aromatic rings. The second-order valence-corrected chi connectivity index (χ2v) is 1.46. The molecule has 0 saturated carbocycles. The summed E-state index contributed by atoms with van der Waals surface area (Å²) in [6, 6.07) is 0. The first-order valence-corrected chi connectivity index (χ1v) is 2.78. The molecule has 60 valence electrons. The molecule has 11 heavy (non-hydrogen) atoms. The van der Waals surface area contributed by atoms with Gasteiger partial charge in [-0.05, 0) is 0 Å². The van der Waals surface area contributed by atoms with Crippen LogP contribution in [-0.2, 0) is 19.1 Å². The van der Waals surface area contributed by atoms with E-state index in [1.54, 1.807) is 0 Å². The monoisotopic (exact) mass is 156 g/mol. The second kappa shape index (κ2) is 5.22. The Hall–Kier alpha value is -1.58. The fraction of sp³-hybridized carbons (Fsp3) is 0.143. The van der Waals surface area contributed by atoms with E-state index >= 15 is 0 Å². The molecule has 0 heterocycles. The topological polar surface area (TPSA) is 52.6 Å². The minimum atomic E-state index is -0.662. The lowest BCUT2D eigenvalue weighted by Gasteiger charge is -1.90. The summed E-state index contributed by atoms with van der Waals surface area (Å²) in [6.45, 7) is 3.15. The van der Waals surface area contributed by atoms with Gasteiger partial charge in [-0.1, -0.05) is 6.58 Å². The highest BCUT2D eigenvalue weighted by molar-refractivity contribution is 5.91. The Morgan fingerprint density at radius 1 is 1.27 bits per heavy atom. The van der Waals surface area contributed by atoms with Crippen molar-refractivity contribution in [2.24, 2.45) is 0 Å². The summed E-state index contributed by atoms with van der Waals surface area (Å²) in [5, 5.41) is 0. The Balaban J connectivity index is 3.82. The van der Waals surface area contributed by atoms with Crippen LogP contribution < -0.4 is 0 Å². The molecule has 4 nitrogen and oxygen atoms in total. The van der Waals surface area contributed by atoms with E-state index < -0.39 is 11.9 Å². The molecule has 0 radical (unpaired) electrons. The minimum absolute atomic E-state index is 0.606. The van der Waals surface area contributed by atoms with E-state index in [0.717, 1.165) is 18.4 Å². The molecule has 0 amide bonds. The molecule has 0 aromatic heterocycles. The fourth-order valence-electron chi connectivity index (χ4n) is 0.326. The smallest absolute Gasteiger partial charge is 0.335 e. The normalized spacial score (nSPS) is 9.18. The zero-order valence-corrected chi connectivity index (χ0v) is 6.07. The first-order valence-electron chi connectivity index (χ1n) is 2.78. The van der Waals surface area contributed by atoms with Crippen LogP contribution >= 0.6 is 0 Å². The maximum absolute atomic E-state index is 10.5. The van der Waals surface area contributed by atoms with E-state index in [2.05, 4.69) is 16.1 Å². The summed E-state index contributed by atoms with van der Waals surface area (Å²) in [5.41, 5.74) is 0. The van der Waals surface area contributed by atoms with Crippen molar-refractivity contribution in [2.45, 2.75) is 0 Å². The van der Waals surface area contributed by atoms with Gasteiger partial charge in [-0.25, -0.2) is 9.59 Å². The number of ether oxygens (including phenoxy) is 2. The average molecular weight is 156 g/mol. The van der Waals surface area contributed by atoms with Crippen molar-refractivity contribution in [1.82, 2.24) is 0 Å². The third-order valence-corrected chi connectivity index (χ3v) is 0.756. The largest absolute Gasteiger partial charge is 0.466 e. The van der Waals surface area contributed by atoms with Gasteiger partial charge in [0.25, 0.3) is 0 Å². The van der Waals surface area contributed by atoms with Crippen LogP contribution in [0.2, 0.25) is 0 Å². The van der Waals surface area contributed by atoms with Gasteiger partial charge >= 0.3 is 11.9 Å². The van der Waals surface area contributed by atoms with Crippen molar-refractivity contribution in [2.75, 3.05) is 7.11 Å². The van der Waals surface area contributed by atoms with Gasteiger partial charge < -0.3 is 9.47 Å². The molecule has 0 spiro atoms. The predicted molar refractivity (Wildman–Crippen MR) is 37.4 cm³/mol. The van der Waals surface area contributed by atoms with Crippen molar-refractivity contribution in [3.8, 4) is 0 Å². The first-order chi connectivity index (χ1) is 5.20. The predicted octanol–water partition coefficient (Wildman–Crippen LogP) is 0.402. The molecule has 0 atom stereocenters. The fourth-order valence-corrected chi connectivity index (χ4v) is 0.326. The number of hydrogen-bond donors (Lipinski definition) is 0. The highest BCUT2D eigenvalue weighted by Gasteiger charge is 1.95. The van der Waals surface area contributed by atoms with E-state index in [9.17, 15) is 9.59 Å². The van der Waals surface area contributed by atoms with Gasteiger partial charge in [0.15, 0.2) is 0 Å². The Morgan fingerprint density at radius 2 is 1.82 bits per heavy atom. The molecule has 0 aromatic carbocycles. The molecule has 0 unspecified atom stereocenters. The van der Waals surface area contributed by atoms with E-state index in [1.807, 2.05) is 0 Å². The highest BCUT2D eigenvalue weighted by Crippen LogP contribution is 1.83. The number of carbonyl (C=O) groups is 2. The van der Waals surface area contributed by atoms with Crippen molar-refractivity contribution in [3.63, 3.8) is 0 Å². The number of methoxy groups -OCH3 is 1. The third kappa shape index (κ3) is 4.90. The first kappa shape index (κ1) is 9.42. The van der Waals surface area contributed by atoms with Gasteiger partial charge in [0.2, 0.25) is 0 Å². The van der Waals surface area contributed by atoms with Gasteiger partial charge in [0.05, 0.1) is 13.4 Å². The lowest BCUT2D eigenvalue weighted by atomic mass is 10.5. The SMILES string of the molecule is C=COC(=O)/C=C/C(=O)OC. The van der Waals surface area contributed by atoms with Gasteiger partial charge in [-0.3, -0.25) is 0 Å². The zero-order chi connectivity index (χ0) is 8.69. The molecular formula is C7H8O4. The van der Waals surface area contributed by atoms with Crippen LogP contribution in [0.3, 0.4) is 0 Å². The average Bonchev–Trinajstić information content (AvgIpc) is 2.01. The number of rotatable bonds is 3. The van der Waals surface area contributed by atoms with Crippen LogP contribution in [-0.4, -0.2) is 19.0 Å². The molecule has 0 saturated heterocycles. The Labute approximate surface area is 64.1 Å². The van der Waals surface area contributed by atoms with Gasteiger partial charge in [0.1, 0.15) is 0 Å². The van der Waals surface area contributed by atoms with Crippen molar-refractivity contribution < 1.29 is 19.1 Å². The lowest BCUT2D eigenvalue weighted by molar-refractivity contribution is -0.136. The van der Waals surface area contributed by atoms with Gasteiger partial charge in [-0.2, -0.15) is 0 Å². The summed E-state index contributed by atoms with van der Waals surface area (Å²) in [7, 11) is 1.21. The van der Waals surface area contributed by atoms with Crippen LogP contribution in [0.4, 0.5) is 0 Å². The second-order valence-electron chi connectivity index (χ2n) is 1.46. The number of esters is 2. The molecule has 0 N–H and O–H groups in total. The van der Waals surface area contributed by atoms with Crippen LogP contribution in [0, 0.1) is 0 Å². The van der Waals surface area contributed by atoms with Crippen LogP contribution in [0.25, 0.3) is 0 Å². The van der Waals surface area contributed by atoms with Gasteiger partial charge in [-0.15, -0.1) is 0 Å². The summed E-state index contributed by atoms with van der Waals surface area (Å²) < 4.78 is 8.49. The summed E-state index contributed by atoms with van der Waals surface area (Å²) in [5.74, 6) is -1.27. The number of carbonyl (C=O) groups excluding carboxylic acids is 2. The molecule has 0 aliphatic rings. The zero-order valence-electron chi connectivity index (χ0n) is 6.07. The van der Waals surface area contributed by atoms with Crippen molar-refractivity contribution >= 4 is 11.9 Å². The summed E-state index contributed by atoms with van der Waals surface area (Å²) in [4.78, 5) is 20.9. The summed E-state index contributed by atoms with van der Waals surface area (Å²) in [6.07, 6.45) is 2.89. The molecule has 0 fully saturated rings. The van der Waals surface area contributed by atoms with Crippen LogP contribution in [0.15, 0.2) is 25.0 Å².